The SMILES string of the molecule is Cc1nnc(CCc2noc(CCC3CCC(C)O3)n2)s1. The van der Waals surface area contributed by atoms with Crippen LogP contribution in [0.5, 0.6) is 0 Å². The molecule has 3 heterocycles. The number of ether oxygens (including phenoxy) is 1. The fourth-order valence-corrected chi connectivity index (χ4v) is 3.24. The highest BCUT2D eigenvalue weighted by Gasteiger charge is 2.22. The number of hydrogen-bond donors (Lipinski definition) is 0. The van der Waals surface area contributed by atoms with Gasteiger partial charge in [-0.25, -0.2) is 0 Å². The number of aryl methyl sites for hydroxylation is 4. The summed E-state index contributed by atoms with van der Waals surface area (Å²) in [6.45, 7) is 4.08. The third-order valence-corrected chi connectivity index (χ3v) is 4.54. The first kappa shape index (κ1) is 14.6. The fraction of sp³-hybridized carbons (Fsp3) is 0.714. The van der Waals surface area contributed by atoms with Gasteiger partial charge in [0.25, 0.3) is 0 Å². The minimum atomic E-state index is 0.347. The average Bonchev–Trinajstić information content (AvgIpc) is 3.16. The van der Waals surface area contributed by atoms with E-state index in [2.05, 4.69) is 27.3 Å². The molecule has 0 aliphatic carbocycles. The quantitative estimate of drug-likeness (QED) is 0.816. The fourth-order valence-electron chi connectivity index (χ4n) is 2.53. The summed E-state index contributed by atoms with van der Waals surface area (Å²) < 4.78 is 11.1. The molecule has 0 N–H and O–H groups in total. The van der Waals surface area contributed by atoms with Gasteiger partial charge in [-0.2, -0.15) is 4.98 Å². The molecule has 1 aliphatic rings. The first-order valence-electron chi connectivity index (χ1n) is 7.45. The molecular formula is C14H20N4O2S. The van der Waals surface area contributed by atoms with Crippen molar-refractivity contribution in [3.05, 3.63) is 21.7 Å². The van der Waals surface area contributed by atoms with Crippen LogP contribution in [0.4, 0.5) is 0 Å². The number of rotatable bonds is 6. The zero-order valence-electron chi connectivity index (χ0n) is 12.4. The summed E-state index contributed by atoms with van der Waals surface area (Å²) in [6, 6.07) is 0. The Morgan fingerprint density at radius 2 is 2.10 bits per heavy atom. The lowest BCUT2D eigenvalue weighted by molar-refractivity contribution is 0.0500. The van der Waals surface area contributed by atoms with E-state index in [9.17, 15) is 0 Å². The van der Waals surface area contributed by atoms with Crippen LogP contribution in [-0.2, 0) is 24.0 Å². The van der Waals surface area contributed by atoms with Gasteiger partial charge in [-0.1, -0.05) is 5.16 Å². The van der Waals surface area contributed by atoms with Crippen molar-refractivity contribution in [3.8, 4) is 0 Å². The molecule has 1 saturated heterocycles. The van der Waals surface area contributed by atoms with E-state index in [1.54, 1.807) is 11.3 Å². The van der Waals surface area contributed by atoms with Crippen LogP contribution in [-0.4, -0.2) is 32.5 Å². The van der Waals surface area contributed by atoms with Crippen molar-refractivity contribution in [2.45, 2.75) is 64.6 Å². The minimum absolute atomic E-state index is 0.347. The smallest absolute Gasteiger partial charge is 0.226 e. The van der Waals surface area contributed by atoms with E-state index in [1.165, 1.54) is 0 Å². The molecule has 0 amide bonds. The Morgan fingerprint density at radius 3 is 2.81 bits per heavy atom. The van der Waals surface area contributed by atoms with Gasteiger partial charge in [0.15, 0.2) is 5.82 Å². The maximum Gasteiger partial charge on any atom is 0.226 e. The zero-order chi connectivity index (χ0) is 14.7. The monoisotopic (exact) mass is 308 g/mol. The Kier molecular flexibility index (Phi) is 4.60. The Bertz CT molecular complexity index is 583. The lowest BCUT2D eigenvalue weighted by Crippen LogP contribution is -2.09. The molecule has 0 bridgehead atoms. The zero-order valence-corrected chi connectivity index (χ0v) is 13.2. The third-order valence-electron chi connectivity index (χ3n) is 3.64. The lowest BCUT2D eigenvalue weighted by atomic mass is 10.1. The van der Waals surface area contributed by atoms with E-state index in [-0.39, 0.29) is 0 Å². The Balaban J connectivity index is 1.45. The summed E-state index contributed by atoms with van der Waals surface area (Å²) in [4.78, 5) is 4.44. The number of hydrogen-bond acceptors (Lipinski definition) is 7. The second kappa shape index (κ2) is 6.62. The molecule has 2 atom stereocenters. The molecule has 0 spiro atoms. The highest BCUT2D eigenvalue weighted by molar-refractivity contribution is 7.11. The molecule has 0 aromatic carbocycles. The second-order valence-corrected chi connectivity index (χ2v) is 6.77. The first-order chi connectivity index (χ1) is 10.2. The molecule has 21 heavy (non-hydrogen) atoms. The van der Waals surface area contributed by atoms with Crippen molar-refractivity contribution in [1.82, 2.24) is 20.3 Å². The van der Waals surface area contributed by atoms with Crippen molar-refractivity contribution in [2.24, 2.45) is 0 Å². The van der Waals surface area contributed by atoms with E-state index in [0.29, 0.717) is 18.1 Å². The molecule has 0 saturated carbocycles. The predicted molar refractivity (Wildman–Crippen MR) is 78.2 cm³/mol. The molecule has 3 rings (SSSR count). The summed E-state index contributed by atoms with van der Waals surface area (Å²) in [7, 11) is 0. The Morgan fingerprint density at radius 1 is 1.19 bits per heavy atom. The standard InChI is InChI=1S/C14H20N4O2S/c1-9-3-4-11(19-9)5-7-13-15-12(18-20-13)6-8-14-17-16-10(2)21-14/h9,11H,3-8H2,1-2H3. The van der Waals surface area contributed by atoms with Crippen molar-refractivity contribution in [2.75, 3.05) is 0 Å². The van der Waals surface area contributed by atoms with Crippen LogP contribution in [0, 0.1) is 6.92 Å². The van der Waals surface area contributed by atoms with E-state index in [1.807, 2.05) is 6.92 Å². The molecule has 1 fully saturated rings. The van der Waals surface area contributed by atoms with Gasteiger partial charge in [-0.05, 0) is 33.1 Å². The van der Waals surface area contributed by atoms with Crippen LogP contribution in [0.1, 0.15) is 47.9 Å². The molecule has 2 aromatic heterocycles. The maximum absolute atomic E-state index is 5.79. The summed E-state index contributed by atoms with van der Waals surface area (Å²) in [5.74, 6) is 1.46. The topological polar surface area (TPSA) is 73.9 Å². The van der Waals surface area contributed by atoms with Gasteiger partial charge in [-0.15, -0.1) is 21.5 Å². The normalized spacial score (nSPS) is 22.0. The van der Waals surface area contributed by atoms with Crippen LogP contribution in [0.3, 0.4) is 0 Å². The summed E-state index contributed by atoms with van der Waals surface area (Å²) in [5.41, 5.74) is 0. The Labute approximate surface area is 127 Å². The van der Waals surface area contributed by atoms with E-state index >= 15 is 0 Å². The molecular weight excluding hydrogens is 288 g/mol. The van der Waals surface area contributed by atoms with Crippen molar-refractivity contribution < 1.29 is 9.26 Å². The lowest BCUT2D eigenvalue weighted by Gasteiger charge is -2.08. The molecule has 2 unspecified atom stereocenters. The van der Waals surface area contributed by atoms with Gasteiger partial charge in [0.1, 0.15) is 10.0 Å². The molecule has 7 heteroatoms. The van der Waals surface area contributed by atoms with Gasteiger partial charge >= 0.3 is 0 Å². The van der Waals surface area contributed by atoms with Crippen molar-refractivity contribution in [3.63, 3.8) is 0 Å². The van der Waals surface area contributed by atoms with Crippen LogP contribution in [0.2, 0.25) is 0 Å². The molecule has 0 radical (unpaired) electrons. The minimum Gasteiger partial charge on any atom is -0.375 e. The number of aromatic nitrogens is 4. The van der Waals surface area contributed by atoms with Gasteiger partial charge in [0.05, 0.1) is 12.2 Å². The van der Waals surface area contributed by atoms with Crippen LogP contribution >= 0.6 is 11.3 Å². The summed E-state index contributed by atoms with van der Waals surface area (Å²) in [6.07, 6.45) is 6.34. The van der Waals surface area contributed by atoms with Crippen molar-refractivity contribution in [1.29, 1.82) is 0 Å². The largest absolute Gasteiger partial charge is 0.375 e. The highest BCUT2D eigenvalue weighted by Crippen LogP contribution is 2.22. The summed E-state index contributed by atoms with van der Waals surface area (Å²) >= 11 is 1.62. The average molecular weight is 308 g/mol. The van der Waals surface area contributed by atoms with Gasteiger partial charge in [-0.3, -0.25) is 0 Å². The third kappa shape index (κ3) is 4.07. The maximum atomic E-state index is 5.79. The number of nitrogens with zero attached hydrogens (tertiary/aromatic N) is 4. The van der Waals surface area contributed by atoms with Crippen molar-refractivity contribution >= 4 is 11.3 Å². The molecule has 114 valence electrons. The van der Waals surface area contributed by atoms with E-state index in [4.69, 9.17) is 9.26 Å². The molecule has 6 nitrogen and oxygen atoms in total. The molecule has 2 aromatic rings. The van der Waals surface area contributed by atoms with Crippen LogP contribution in [0.15, 0.2) is 4.52 Å². The molecule has 1 aliphatic heterocycles. The van der Waals surface area contributed by atoms with E-state index in [0.717, 1.165) is 54.4 Å². The van der Waals surface area contributed by atoms with Gasteiger partial charge in [0, 0.05) is 19.3 Å². The van der Waals surface area contributed by atoms with Gasteiger partial charge in [0.2, 0.25) is 5.89 Å². The van der Waals surface area contributed by atoms with Crippen LogP contribution in [0.25, 0.3) is 0 Å². The second-order valence-electron chi connectivity index (χ2n) is 5.50. The summed E-state index contributed by atoms with van der Waals surface area (Å²) in [5, 5.41) is 14.1. The Hall–Kier alpha value is -1.34. The predicted octanol–water partition coefficient (Wildman–Crippen LogP) is 2.51. The van der Waals surface area contributed by atoms with Crippen LogP contribution < -0.4 is 0 Å². The van der Waals surface area contributed by atoms with E-state index < -0.39 is 0 Å². The first-order valence-corrected chi connectivity index (χ1v) is 8.26. The highest BCUT2D eigenvalue weighted by atomic mass is 32.1. The van der Waals surface area contributed by atoms with Gasteiger partial charge < -0.3 is 9.26 Å².